The molecule has 0 aliphatic heterocycles. The van der Waals surface area contributed by atoms with E-state index in [1.165, 1.54) is 6.21 Å². The molecule has 0 saturated carbocycles. The molecule has 182 valence electrons. The van der Waals surface area contributed by atoms with Gasteiger partial charge in [0.1, 0.15) is 11.5 Å². The first-order valence-electron chi connectivity index (χ1n) is 10.9. The van der Waals surface area contributed by atoms with Gasteiger partial charge in [0.25, 0.3) is 5.91 Å². The first-order valence-corrected chi connectivity index (χ1v) is 11.3. The highest BCUT2D eigenvalue weighted by atomic mass is 35.5. The minimum absolute atomic E-state index is 0.220. The minimum Gasteiger partial charge on any atom is -0.494 e. The van der Waals surface area contributed by atoms with Gasteiger partial charge in [-0.2, -0.15) is 5.10 Å². The molecule has 0 radical (unpaired) electrons. The summed E-state index contributed by atoms with van der Waals surface area (Å²) in [7, 11) is 0. The third-order valence-electron chi connectivity index (χ3n) is 4.44. The van der Waals surface area contributed by atoms with Gasteiger partial charge in [0.05, 0.1) is 25.0 Å². The molecule has 0 spiro atoms. The summed E-state index contributed by atoms with van der Waals surface area (Å²) in [5.74, 6) is 0.821. The number of hydrogen-bond acceptors (Lipinski definition) is 7. The maximum absolute atomic E-state index is 12.5. The van der Waals surface area contributed by atoms with Crippen LogP contribution in [0.4, 0.5) is 0 Å². The normalized spacial score (nSPS) is 10.6. The average Bonchev–Trinajstić information content (AvgIpc) is 2.85. The second-order valence-electron chi connectivity index (χ2n) is 7.03. The van der Waals surface area contributed by atoms with Gasteiger partial charge in [0, 0.05) is 5.02 Å². The van der Waals surface area contributed by atoms with Gasteiger partial charge in [-0.3, -0.25) is 4.79 Å². The molecule has 3 rings (SSSR count). The number of nitrogens with zero attached hydrogens (tertiary/aromatic N) is 1. The van der Waals surface area contributed by atoms with E-state index in [-0.39, 0.29) is 12.4 Å². The number of hydrogen-bond donors (Lipinski definition) is 1. The van der Waals surface area contributed by atoms with Crippen molar-refractivity contribution in [3.8, 4) is 23.0 Å². The summed E-state index contributed by atoms with van der Waals surface area (Å²) in [5.41, 5.74) is 3.39. The van der Waals surface area contributed by atoms with Gasteiger partial charge in [-0.15, -0.1) is 0 Å². The fourth-order valence-corrected chi connectivity index (χ4v) is 3.07. The lowest BCUT2D eigenvalue weighted by Crippen LogP contribution is -2.24. The lowest BCUT2D eigenvalue weighted by atomic mass is 10.2. The van der Waals surface area contributed by atoms with E-state index in [4.69, 9.17) is 30.5 Å². The van der Waals surface area contributed by atoms with Gasteiger partial charge in [0.2, 0.25) is 0 Å². The third kappa shape index (κ3) is 8.04. The van der Waals surface area contributed by atoms with E-state index in [9.17, 15) is 9.59 Å². The van der Waals surface area contributed by atoms with Crippen LogP contribution in [0.3, 0.4) is 0 Å². The summed E-state index contributed by atoms with van der Waals surface area (Å²) >= 11 is 5.89. The van der Waals surface area contributed by atoms with Crippen LogP contribution in [0.25, 0.3) is 0 Å². The van der Waals surface area contributed by atoms with Crippen molar-refractivity contribution in [1.29, 1.82) is 0 Å². The molecule has 3 aromatic carbocycles. The zero-order valence-corrected chi connectivity index (χ0v) is 20.1. The summed E-state index contributed by atoms with van der Waals surface area (Å²) in [6, 6.07) is 18.4. The Balaban J connectivity index is 1.59. The van der Waals surface area contributed by atoms with Crippen molar-refractivity contribution in [3.05, 3.63) is 82.9 Å². The highest BCUT2D eigenvalue weighted by molar-refractivity contribution is 6.30. The number of esters is 1. The molecular formula is C26H25ClN2O6. The zero-order valence-electron chi connectivity index (χ0n) is 19.3. The first kappa shape index (κ1) is 25.6. The summed E-state index contributed by atoms with van der Waals surface area (Å²) in [5, 5.41) is 4.44. The molecule has 0 aliphatic carbocycles. The molecule has 8 nitrogen and oxygen atoms in total. The Morgan fingerprint density at radius 2 is 1.66 bits per heavy atom. The number of ether oxygens (including phenoxy) is 4. The molecule has 0 fully saturated rings. The molecule has 1 amide bonds. The van der Waals surface area contributed by atoms with E-state index in [1.54, 1.807) is 66.7 Å². The lowest BCUT2D eigenvalue weighted by Gasteiger charge is -2.11. The average molecular weight is 497 g/mol. The summed E-state index contributed by atoms with van der Waals surface area (Å²) in [6.07, 6.45) is 1.44. The smallest absolute Gasteiger partial charge is 0.343 e. The van der Waals surface area contributed by atoms with E-state index < -0.39 is 11.9 Å². The van der Waals surface area contributed by atoms with Crippen LogP contribution in [0, 0.1) is 0 Å². The molecule has 0 unspecified atom stereocenters. The van der Waals surface area contributed by atoms with E-state index in [0.29, 0.717) is 46.6 Å². The molecule has 1 N–H and O–H groups in total. The Morgan fingerprint density at radius 1 is 0.886 bits per heavy atom. The van der Waals surface area contributed by atoms with Gasteiger partial charge >= 0.3 is 5.97 Å². The van der Waals surface area contributed by atoms with Gasteiger partial charge < -0.3 is 18.9 Å². The number of rotatable bonds is 11. The van der Waals surface area contributed by atoms with Crippen LogP contribution in [-0.2, 0) is 4.79 Å². The first-order chi connectivity index (χ1) is 17.0. The Labute approximate surface area is 208 Å². The predicted molar refractivity (Wildman–Crippen MR) is 133 cm³/mol. The number of carbonyl (C=O) groups is 2. The van der Waals surface area contributed by atoms with Crippen molar-refractivity contribution in [2.24, 2.45) is 5.10 Å². The number of hydrazone groups is 1. The molecular weight excluding hydrogens is 472 g/mol. The van der Waals surface area contributed by atoms with E-state index in [2.05, 4.69) is 10.5 Å². The topological polar surface area (TPSA) is 95.5 Å². The zero-order chi connectivity index (χ0) is 25.0. The van der Waals surface area contributed by atoms with Crippen molar-refractivity contribution in [2.75, 3.05) is 19.8 Å². The molecule has 0 aliphatic rings. The number of nitrogens with one attached hydrogen (secondary N) is 1. The third-order valence-corrected chi connectivity index (χ3v) is 4.68. The van der Waals surface area contributed by atoms with Crippen molar-refractivity contribution in [3.63, 3.8) is 0 Å². The Hall–Kier alpha value is -4.04. The van der Waals surface area contributed by atoms with E-state index in [1.807, 2.05) is 13.8 Å². The highest BCUT2D eigenvalue weighted by Gasteiger charge is 2.13. The molecule has 35 heavy (non-hydrogen) atoms. The maximum atomic E-state index is 12.5. The maximum Gasteiger partial charge on any atom is 0.343 e. The van der Waals surface area contributed by atoms with Crippen molar-refractivity contribution < 1.29 is 28.5 Å². The highest BCUT2D eigenvalue weighted by Crippen LogP contribution is 2.29. The molecule has 0 saturated heterocycles. The molecule has 0 atom stereocenters. The van der Waals surface area contributed by atoms with Gasteiger partial charge in [0.15, 0.2) is 18.1 Å². The Bertz CT molecular complexity index is 1180. The van der Waals surface area contributed by atoms with Gasteiger partial charge in [-0.25, -0.2) is 10.2 Å². The second-order valence-corrected chi connectivity index (χ2v) is 7.46. The summed E-state index contributed by atoms with van der Waals surface area (Å²) in [4.78, 5) is 24.5. The van der Waals surface area contributed by atoms with Crippen LogP contribution < -0.4 is 24.4 Å². The monoisotopic (exact) mass is 496 g/mol. The molecule has 9 heteroatoms. The van der Waals surface area contributed by atoms with Crippen molar-refractivity contribution in [2.45, 2.75) is 13.8 Å². The fraction of sp³-hybridized carbons (Fsp3) is 0.192. The van der Waals surface area contributed by atoms with Crippen molar-refractivity contribution in [1.82, 2.24) is 5.43 Å². The molecule has 0 bridgehead atoms. The van der Waals surface area contributed by atoms with Crippen LogP contribution >= 0.6 is 11.6 Å². The largest absolute Gasteiger partial charge is 0.494 e. The SMILES string of the molecule is CCOc1ccc(C(=O)Oc2ccc(/C=N/NC(=O)COc3cccc(Cl)c3)cc2OCC)cc1. The molecule has 3 aromatic rings. The van der Waals surface area contributed by atoms with Crippen LogP contribution in [0.5, 0.6) is 23.0 Å². The number of carbonyl (C=O) groups excluding carboxylic acids is 2. The summed E-state index contributed by atoms with van der Waals surface area (Å²) in [6.45, 7) is 4.39. The van der Waals surface area contributed by atoms with E-state index in [0.717, 1.165) is 0 Å². The summed E-state index contributed by atoms with van der Waals surface area (Å²) < 4.78 is 21.9. The predicted octanol–water partition coefficient (Wildman–Crippen LogP) is 4.89. The number of amides is 1. The molecule has 0 aromatic heterocycles. The van der Waals surface area contributed by atoms with E-state index >= 15 is 0 Å². The quantitative estimate of drug-likeness (QED) is 0.176. The van der Waals surface area contributed by atoms with Gasteiger partial charge in [-0.1, -0.05) is 17.7 Å². The van der Waals surface area contributed by atoms with Crippen molar-refractivity contribution >= 4 is 29.7 Å². The van der Waals surface area contributed by atoms with Gasteiger partial charge in [-0.05, 0) is 80.1 Å². The van der Waals surface area contributed by atoms with Crippen LogP contribution in [0.1, 0.15) is 29.8 Å². The number of benzene rings is 3. The van der Waals surface area contributed by atoms with Crippen LogP contribution in [0.2, 0.25) is 5.02 Å². The lowest BCUT2D eigenvalue weighted by molar-refractivity contribution is -0.123. The Morgan fingerprint density at radius 3 is 2.37 bits per heavy atom. The minimum atomic E-state index is -0.526. The Kier molecular flexibility index (Phi) is 9.50. The second kappa shape index (κ2) is 13.0. The fourth-order valence-electron chi connectivity index (χ4n) is 2.89. The molecule has 0 heterocycles. The van der Waals surface area contributed by atoms with Crippen LogP contribution in [0.15, 0.2) is 71.8 Å². The standard InChI is InChI=1S/C26H25ClN2O6/c1-3-32-21-11-9-19(10-12-21)26(31)35-23-13-8-18(14-24(23)33-4-2)16-28-29-25(30)17-34-22-7-5-6-20(27)15-22/h5-16H,3-4,17H2,1-2H3,(H,29,30)/b28-16+. The number of halogens is 1. The van der Waals surface area contributed by atoms with Crippen LogP contribution in [-0.4, -0.2) is 37.9 Å².